The number of rotatable bonds is 4. The van der Waals surface area contributed by atoms with Crippen molar-refractivity contribution in [2.45, 2.75) is 46.2 Å². The van der Waals surface area contributed by atoms with Crippen molar-refractivity contribution in [2.75, 3.05) is 0 Å². The Labute approximate surface area is 85.5 Å². The van der Waals surface area contributed by atoms with E-state index in [1.165, 1.54) is 13.8 Å². The predicted molar refractivity (Wildman–Crippen MR) is 55.1 cm³/mol. The summed E-state index contributed by atoms with van der Waals surface area (Å²) < 4.78 is 27.4. The molecular weight excluding hydrogens is 204 g/mol. The van der Waals surface area contributed by atoms with Crippen molar-refractivity contribution in [3.05, 3.63) is 0 Å². The van der Waals surface area contributed by atoms with Crippen LogP contribution in [0.15, 0.2) is 0 Å². The lowest BCUT2D eigenvalue weighted by Crippen LogP contribution is -2.50. The average molecular weight is 222 g/mol. The molecule has 1 unspecified atom stereocenters. The van der Waals surface area contributed by atoms with Crippen LogP contribution in [-0.2, 0) is 15.0 Å². The van der Waals surface area contributed by atoms with Crippen LogP contribution in [-0.4, -0.2) is 25.8 Å². The molecule has 0 radical (unpaired) electrons. The molecule has 0 spiro atoms. The van der Waals surface area contributed by atoms with Crippen LogP contribution in [0.2, 0.25) is 0 Å². The fourth-order valence-electron chi connectivity index (χ4n) is 0.748. The summed E-state index contributed by atoms with van der Waals surface area (Å²) >= 11 is 0. The van der Waals surface area contributed by atoms with E-state index in [9.17, 15) is 13.2 Å². The third-order valence-electron chi connectivity index (χ3n) is 1.38. The van der Waals surface area contributed by atoms with Crippen molar-refractivity contribution >= 4 is 16.0 Å². The predicted octanol–water partition coefficient (Wildman–Crippen LogP) is 0.186. The van der Waals surface area contributed by atoms with Crippen molar-refractivity contribution in [1.29, 1.82) is 0 Å². The zero-order chi connectivity index (χ0) is 11.6. The van der Waals surface area contributed by atoms with Gasteiger partial charge in [-0.05, 0) is 34.6 Å². The number of Topliss-reactive ketones (excluding diaryl/α,β-unsaturated/α-hetero) is 1. The van der Waals surface area contributed by atoms with Gasteiger partial charge in [-0.3, -0.25) is 4.79 Å². The van der Waals surface area contributed by atoms with E-state index in [-0.39, 0.29) is 5.78 Å². The Bertz CT molecular complexity index is 303. The minimum absolute atomic E-state index is 0.218. The number of hydrogen-bond donors (Lipinski definition) is 2. The maximum absolute atomic E-state index is 11.4. The topological polar surface area (TPSA) is 75.3 Å². The first-order chi connectivity index (χ1) is 6.03. The van der Waals surface area contributed by atoms with Gasteiger partial charge in [0.25, 0.3) is 10.2 Å². The summed E-state index contributed by atoms with van der Waals surface area (Å²) in [6.45, 7) is 8.02. The summed E-state index contributed by atoms with van der Waals surface area (Å²) in [6, 6.07) is -0.699. The second kappa shape index (κ2) is 4.37. The Morgan fingerprint density at radius 2 is 1.71 bits per heavy atom. The van der Waals surface area contributed by atoms with E-state index in [2.05, 4.69) is 9.44 Å². The zero-order valence-electron chi connectivity index (χ0n) is 9.21. The van der Waals surface area contributed by atoms with Gasteiger partial charge in [-0.2, -0.15) is 17.9 Å². The van der Waals surface area contributed by atoms with E-state index in [0.717, 1.165) is 0 Å². The Hall–Kier alpha value is -0.460. The van der Waals surface area contributed by atoms with E-state index in [4.69, 9.17) is 0 Å². The van der Waals surface area contributed by atoms with Crippen LogP contribution in [0.4, 0.5) is 0 Å². The number of carbonyl (C=O) groups excluding carboxylic acids is 1. The first-order valence-corrected chi connectivity index (χ1v) is 5.83. The normalized spacial score (nSPS) is 15.2. The molecule has 0 aromatic heterocycles. The largest absolute Gasteiger partial charge is 0.298 e. The van der Waals surface area contributed by atoms with Gasteiger partial charge in [0.15, 0.2) is 0 Å². The first kappa shape index (κ1) is 13.5. The third kappa shape index (κ3) is 6.06. The maximum Gasteiger partial charge on any atom is 0.278 e. The molecule has 6 heteroatoms. The summed E-state index contributed by atoms with van der Waals surface area (Å²) in [5.74, 6) is -0.218. The molecule has 0 fully saturated rings. The fraction of sp³-hybridized carbons (Fsp3) is 0.875. The summed E-state index contributed by atoms with van der Waals surface area (Å²) in [7, 11) is -3.60. The molecule has 0 heterocycles. The molecular formula is C8H18N2O3S. The highest BCUT2D eigenvalue weighted by atomic mass is 32.2. The highest BCUT2D eigenvalue weighted by Crippen LogP contribution is 2.01. The molecule has 0 bridgehead atoms. The van der Waals surface area contributed by atoms with E-state index >= 15 is 0 Å². The molecule has 2 N–H and O–H groups in total. The summed E-state index contributed by atoms with van der Waals surface area (Å²) in [5.41, 5.74) is -0.553. The molecule has 0 aliphatic heterocycles. The van der Waals surface area contributed by atoms with Gasteiger partial charge < -0.3 is 0 Å². The number of carbonyl (C=O) groups is 1. The molecule has 0 saturated carbocycles. The van der Waals surface area contributed by atoms with E-state index in [0.29, 0.717) is 0 Å². The van der Waals surface area contributed by atoms with Crippen LogP contribution < -0.4 is 9.44 Å². The molecule has 0 aromatic carbocycles. The molecule has 0 saturated heterocycles. The summed E-state index contributed by atoms with van der Waals surface area (Å²) in [4.78, 5) is 10.8. The summed E-state index contributed by atoms with van der Waals surface area (Å²) in [5, 5.41) is 0. The van der Waals surface area contributed by atoms with Gasteiger partial charge in [-0.1, -0.05) is 0 Å². The van der Waals surface area contributed by atoms with E-state index in [1.807, 2.05) is 0 Å². The first-order valence-electron chi connectivity index (χ1n) is 4.35. The molecule has 0 aliphatic rings. The smallest absolute Gasteiger partial charge is 0.278 e. The van der Waals surface area contributed by atoms with Crippen LogP contribution in [0.5, 0.6) is 0 Å². The van der Waals surface area contributed by atoms with Gasteiger partial charge in [0.1, 0.15) is 5.78 Å². The van der Waals surface area contributed by atoms with Gasteiger partial charge in [0.2, 0.25) is 0 Å². The number of ketones is 1. The lowest BCUT2D eigenvalue weighted by Gasteiger charge is -2.21. The Kier molecular flexibility index (Phi) is 4.23. The monoisotopic (exact) mass is 222 g/mol. The maximum atomic E-state index is 11.4. The van der Waals surface area contributed by atoms with Gasteiger partial charge in [0, 0.05) is 5.54 Å². The van der Waals surface area contributed by atoms with Crippen LogP contribution >= 0.6 is 0 Å². The van der Waals surface area contributed by atoms with E-state index in [1.54, 1.807) is 20.8 Å². The molecule has 0 aromatic rings. The Morgan fingerprint density at radius 1 is 1.29 bits per heavy atom. The van der Waals surface area contributed by atoms with Crippen molar-refractivity contribution in [3.8, 4) is 0 Å². The second-order valence-electron chi connectivity index (χ2n) is 4.31. The van der Waals surface area contributed by atoms with Gasteiger partial charge >= 0.3 is 0 Å². The van der Waals surface area contributed by atoms with Crippen LogP contribution in [0.3, 0.4) is 0 Å². The number of hydrogen-bond acceptors (Lipinski definition) is 3. The molecule has 1 atom stereocenters. The SMILES string of the molecule is CC(=O)C(C)NS(=O)(=O)NC(C)(C)C. The lowest BCUT2D eigenvalue weighted by molar-refractivity contribution is -0.118. The zero-order valence-corrected chi connectivity index (χ0v) is 10.0. The van der Waals surface area contributed by atoms with Crippen molar-refractivity contribution in [1.82, 2.24) is 9.44 Å². The Balaban J connectivity index is 4.45. The van der Waals surface area contributed by atoms with Crippen LogP contribution in [0.25, 0.3) is 0 Å². The third-order valence-corrected chi connectivity index (χ3v) is 2.93. The van der Waals surface area contributed by atoms with E-state index < -0.39 is 21.8 Å². The van der Waals surface area contributed by atoms with Crippen molar-refractivity contribution in [3.63, 3.8) is 0 Å². The molecule has 14 heavy (non-hydrogen) atoms. The van der Waals surface area contributed by atoms with Gasteiger partial charge in [-0.25, -0.2) is 0 Å². The standard InChI is InChI=1S/C8H18N2O3S/c1-6(7(2)11)9-14(12,13)10-8(3,4)5/h6,9-10H,1-5H3. The van der Waals surface area contributed by atoms with Crippen LogP contribution in [0.1, 0.15) is 34.6 Å². The van der Waals surface area contributed by atoms with Crippen LogP contribution in [0, 0.1) is 0 Å². The second-order valence-corrected chi connectivity index (χ2v) is 5.75. The van der Waals surface area contributed by atoms with Crippen molar-refractivity contribution in [2.24, 2.45) is 0 Å². The quantitative estimate of drug-likeness (QED) is 0.713. The fourth-order valence-corrected chi connectivity index (χ4v) is 2.24. The van der Waals surface area contributed by atoms with Gasteiger partial charge in [0.05, 0.1) is 6.04 Å². The highest BCUT2D eigenvalue weighted by molar-refractivity contribution is 7.87. The minimum Gasteiger partial charge on any atom is -0.298 e. The van der Waals surface area contributed by atoms with Gasteiger partial charge in [-0.15, -0.1) is 0 Å². The molecule has 84 valence electrons. The summed E-state index contributed by atoms with van der Waals surface area (Å²) in [6.07, 6.45) is 0. The Morgan fingerprint density at radius 3 is 2.00 bits per heavy atom. The number of nitrogens with one attached hydrogen (secondary N) is 2. The lowest BCUT2D eigenvalue weighted by atomic mass is 10.1. The van der Waals surface area contributed by atoms with Crippen molar-refractivity contribution < 1.29 is 13.2 Å². The average Bonchev–Trinajstić information content (AvgIpc) is 1.78. The molecule has 5 nitrogen and oxygen atoms in total. The minimum atomic E-state index is -3.60. The molecule has 0 amide bonds. The molecule has 0 rings (SSSR count). The molecule has 0 aliphatic carbocycles. The highest BCUT2D eigenvalue weighted by Gasteiger charge is 2.22.